The highest BCUT2D eigenvalue weighted by molar-refractivity contribution is 14.1. The highest BCUT2D eigenvalue weighted by atomic mass is 127. The highest BCUT2D eigenvalue weighted by Gasteiger charge is 2.44. The van der Waals surface area contributed by atoms with Crippen molar-refractivity contribution in [3.8, 4) is 5.88 Å². The lowest BCUT2D eigenvalue weighted by molar-refractivity contribution is -0.172. The third kappa shape index (κ3) is 1.89. The van der Waals surface area contributed by atoms with Crippen LogP contribution in [0.1, 0.15) is 24.5 Å². The molecule has 0 saturated carbocycles. The van der Waals surface area contributed by atoms with Crippen LogP contribution in [0.5, 0.6) is 5.88 Å². The maximum absolute atomic E-state index is 11.7. The summed E-state index contributed by atoms with van der Waals surface area (Å²) in [5, 5.41) is 10.4. The Kier molecular flexibility index (Phi) is 3.26. The molecule has 0 bridgehead atoms. The zero-order valence-electron chi connectivity index (χ0n) is 9.49. The fourth-order valence-corrected chi connectivity index (χ4v) is 2.43. The predicted molar refractivity (Wildman–Crippen MR) is 67.5 cm³/mol. The van der Waals surface area contributed by atoms with E-state index in [1.165, 1.54) is 7.11 Å². The van der Waals surface area contributed by atoms with Crippen LogP contribution in [0, 0.1) is 3.70 Å². The molecule has 0 radical (unpaired) electrons. The molecule has 0 amide bonds. The number of nitrogens with zero attached hydrogens (tertiary/aromatic N) is 1. The molecule has 0 fully saturated rings. The van der Waals surface area contributed by atoms with Crippen LogP contribution in [0.3, 0.4) is 0 Å². The summed E-state index contributed by atoms with van der Waals surface area (Å²) in [5.74, 6) is -0.220. The Hall–Kier alpha value is -0.890. The van der Waals surface area contributed by atoms with Crippen molar-refractivity contribution in [3.05, 3.63) is 20.9 Å². The number of fused-ring (bicyclic) bond motifs is 1. The van der Waals surface area contributed by atoms with Gasteiger partial charge >= 0.3 is 5.97 Å². The number of ether oxygens (including phenoxy) is 2. The number of methoxy groups -OCH3 is 1. The lowest BCUT2D eigenvalue weighted by atomic mass is 9.87. The molecule has 5 nitrogen and oxygen atoms in total. The average Bonchev–Trinajstić information content (AvgIpc) is 2.33. The molecule has 1 aromatic rings. The van der Waals surface area contributed by atoms with Gasteiger partial charge in [-0.15, -0.1) is 0 Å². The Morgan fingerprint density at radius 1 is 1.71 bits per heavy atom. The van der Waals surface area contributed by atoms with Gasteiger partial charge in [0.1, 0.15) is 10.3 Å². The predicted octanol–water partition coefficient (Wildman–Crippen LogP) is 1.35. The normalized spacial score (nSPS) is 22.9. The van der Waals surface area contributed by atoms with Gasteiger partial charge in [-0.3, -0.25) is 0 Å². The topological polar surface area (TPSA) is 68.7 Å². The summed E-state index contributed by atoms with van der Waals surface area (Å²) < 4.78 is 10.8. The van der Waals surface area contributed by atoms with Crippen molar-refractivity contribution in [2.75, 3.05) is 7.11 Å². The fraction of sp³-hybridized carbons (Fsp3) is 0.455. The number of carbonyl (C=O) groups excluding carboxylic acids is 1. The Bertz CT molecular complexity index is 477. The van der Waals surface area contributed by atoms with E-state index in [1.54, 1.807) is 13.0 Å². The highest BCUT2D eigenvalue weighted by Crippen LogP contribution is 2.38. The van der Waals surface area contributed by atoms with Crippen molar-refractivity contribution in [2.45, 2.75) is 25.6 Å². The molecule has 92 valence electrons. The molecule has 2 heterocycles. The van der Waals surface area contributed by atoms with Crippen LogP contribution in [-0.4, -0.2) is 23.2 Å². The fourth-order valence-electron chi connectivity index (χ4n) is 1.90. The van der Waals surface area contributed by atoms with E-state index in [0.717, 1.165) is 0 Å². The van der Waals surface area contributed by atoms with Gasteiger partial charge in [0.2, 0.25) is 5.88 Å². The molecule has 17 heavy (non-hydrogen) atoms. The second kappa shape index (κ2) is 4.41. The molecule has 1 aliphatic heterocycles. The molecule has 1 aromatic heterocycles. The van der Waals surface area contributed by atoms with E-state index in [1.807, 2.05) is 22.6 Å². The molecular weight excluding hydrogens is 337 g/mol. The van der Waals surface area contributed by atoms with E-state index in [-0.39, 0.29) is 13.0 Å². The second-order valence-electron chi connectivity index (χ2n) is 3.77. The average molecular weight is 349 g/mol. The zero-order valence-corrected chi connectivity index (χ0v) is 11.6. The van der Waals surface area contributed by atoms with Crippen LogP contribution in [0.15, 0.2) is 6.07 Å². The van der Waals surface area contributed by atoms with Crippen LogP contribution in [-0.2, 0) is 21.7 Å². The SMILES string of the molecule is CCC1(O)C(=O)OCc2c1cc(I)nc2OC. The van der Waals surface area contributed by atoms with Crippen molar-refractivity contribution in [1.29, 1.82) is 0 Å². The quantitative estimate of drug-likeness (QED) is 0.496. The minimum absolute atomic E-state index is 0.0869. The summed E-state index contributed by atoms with van der Waals surface area (Å²) in [4.78, 5) is 15.9. The lowest BCUT2D eigenvalue weighted by Crippen LogP contribution is -2.41. The van der Waals surface area contributed by atoms with E-state index in [4.69, 9.17) is 9.47 Å². The largest absolute Gasteiger partial charge is 0.481 e. The molecule has 0 aromatic carbocycles. The van der Waals surface area contributed by atoms with Gasteiger partial charge in [-0.25, -0.2) is 9.78 Å². The molecule has 1 atom stereocenters. The third-order valence-electron chi connectivity index (χ3n) is 2.89. The molecule has 0 aliphatic carbocycles. The number of halogens is 1. The third-order valence-corrected chi connectivity index (χ3v) is 3.44. The first-order valence-corrected chi connectivity index (χ1v) is 6.24. The van der Waals surface area contributed by atoms with Gasteiger partial charge in [-0.1, -0.05) is 6.92 Å². The van der Waals surface area contributed by atoms with Gasteiger partial charge in [-0.05, 0) is 35.1 Å². The van der Waals surface area contributed by atoms with Crippen molar-refractivity contribution in [1.82, 2.24) is 4.98 Å². The van der Waals surface area contributed by atoms with Crippen molar-refractivity contribution >= 4 is 28.6 Å². The van der Waals surface area contributed by atoms with Gasteiger partial charge in [-0.2, -0.15) is 0 Å². The van der Waals surface area contributed by atoms with E-state index >= 15 is 0 Å². The number of aliphatic hydroxyl groups is 1. The summed E-state index contributed by atoms with van der Waals surface area (Å²) in [6.07, 6.45) is 0.252. The second-order valence-corrected chi connectivity index (χ2v) is 4.88. The van der Waals surface area contributed by atoms with Crippen molar-refractivity contribution in [3.63, 3.8) is 0 Å². The van der Waals surface area contributed by atoms with E-state index in [9.17, 15) is 9.90 Å². The van der Waals surface area contributed by atoms with Crippen LogP contribution in [0.25, 0.3) is 0 Å². The summed E-state index contributed by atoms with van der Waals surface area (Å²) >= 11 is 2.02. The number of carbonyl (C=O) groups is 1. The molecule has 1 unspecified atom stereocenters. The van der Waals surface area contributed by atoms with Gasteiger partial charge in [0.25, 0.3) is 0 Å². The molecule has 1 aliphatic rings. The van der Waals surface area contributed by atoms with Crippen LogP contribution >= 0.6 is 22.6 Å². The van der Waals surface area contributed by atoms with E-state index in [2.05, 4.69) is 4.98 Å². The first-order valence-electron chi connectivity index (χ1n) is 5.16. The maximum atomic E-state index is 11.7. The summed E-state index contributed by atoms with van der Waals surface area (Å²) in [7, 11) is 1.50. The first-order chi connectivity index (χ1) is 8.02. The monoisotopic (exact) mass is 349 g/mol. The maximum Gasteiger partial charge on any atom is 0.343 e. The van der Waals surface area contributed by atoms with Gasteiger partial charge in [0, 0.05) is 5.56 Å². The Labute approximate surface area is 112 Å². The van der Waals surface area contributed by atoms with Crippen LogP contribution < -0.4 is 4.74 Å². The van der Waals surface area contributed by atoms with E-state index < -0.39 is 11.6 Å². The van der Waals surface area contributed by atoms with Crippen LogP contribution in [0.2, 0.25) is 0 Å². The minimum atomic E-state index is -1.59. The van der Waals surface area contributed by atoms with Gasteiger partial charge in [0.05, 0.1) is 12.7 Å². The molecule has 6 heteroatoms. The lowest BCUT2D eigenvalue weighted by Gasteiger charge is -2.32. The number of cyclic esters (lactones) is 1. The number of pyridine rings is 1. The number of hydrogen-bond donors (Lipinski definition) is 1. The molecule has 1 N–H and O–H groups in total. The number of esters is 1. The van der Waals surface area contributed by atoms with Gasteiger partial charge < -0.3 is 14.6 Å². The number of aromatic nitrogens is 1. The molecule has 0 saturated heterocycles. The number of hydrogen-bond acceptors (Lipinski definition) is 5. The minimum Gasteiger partial charge on any atom is -0.481 e. The Morgan fingerprint density at radius 2 is 2.41 bits per heavy atom. The summed E-state index contributed by atoms with van der Waals surface area (Å²) in [5.41, 5.74) is -0.423. The van der Waals surface area contributed by atoms with Crippen LogP contribution in [0.4, 0.5) is 0 Å². The summed E-state index contributed by atoms with van der Waals surface area (Å²) in [6, 6.07) is 1.70. The number of rotatable bonds is 2. The van der Waals surface area contributed by atoms with Crippen molar-refractivity contribution in [2.24, 2.45) is 0 Å². The first kappa shape index (κ1) is 12.6. The standard InChI is InChI=1S/C11H12INO4/c1-3-11(15)7-4-8(12)13-9(16-2)6(7)5-17-10(11)14/h4,15H,3,5H2,1-2H3. The molecular formula is C11H12INO4. The van der Waals surface area contributed by atoms with Crippen molar-refractivity contribution < 1.29 is 19.4 Å². The van der Waals surface area contributed by atoms with E-state index in [0.29, 0.717) is 20.7 Å². The zero-order chi connectivity index (χ0) is 12.6. The molecule has 2 rings (SSSR count). The summed E-state index contributed by atoms with van der Waals surface area (Å²) in [6.45, 7) is 1.82. The van der Waals surface area contributed by atoms with Gasteiger partial charge in [0.15, 0.2) is 5.60 Å². The smallest absolute Gasteiger partial charge is 0.343 e. The Balaban J connectivity index is 2.68. The Morgan fingerprint density at radius 3 is 3.00 bits per heavy atom. The molecule has 0 spiro atoms.